The van der Waals surface area contributed by atoms with Crippen molar-refractivity contribution in [2.75, 3.05) is 13.1 Å². The summed E-state index contributed by atoms with van der Waals surface area (Å²) < 4.78 is 1.69. The highest BCUT2D eigenvalue weighted by molar-refractivity contribution is 9.11. The van der Waals surface area contributed by atoms with E-state index in [1.807, 2.05) is 42.6 Å². The molecule has 1 aliphatic rings. The molecule has 1 heterocycles. The summed E-state index contributed by atoms with van der Waals surface area (Å²) in [7, 11) is 0. The van der Waals surface area contributed by atoms with Crippen LogP contribution in [0.4, 0.5) is 0 Å². The highest BCUT2D eigenvalue weighted by atomic mass is 79.9. The lowest BCUT2D eigenvalue weighted by Gasteiger charge is -2.34. The molecular weight excluding hydrogens is 608 g/mol. The molecule has 4 rings (SSSR count). The summed E-state index contributed by atoms with van der Waals surface area (Å²) in [5.41, 5.74) is 8.73. The van der Waals surface area contributed by atoms with Crippen LogP contribution in [0.1, 0.15) is 55.7 Å². The third-order valence-electron chi connectivity index (χ3n) is 6.74. The van der Waals surface area contributed by atoms with Crippen molar-refractivity contribution in [2.45, 2.75) is 57.0 Å². The Hall–Kier alpha value is -1.87. The average Bonchev–Trinajstić information content (AvgIpc) is 3.26. The zero-order chi connectivity index (χ0) is 24.8. The van der Waals surface area contributed by atoms with E-state index < -0.39 is 6.04 Å². The van der Waals surface area contributed by atoms with E-state index >= 15 is 0 Å². The van der Waals surface area contributed by atoms with E-state index in [0.29, 0.717) is 13.0 Å². The molecule has 2 amide bonds. The summed E-state index contributed by atoms with van der Waals surface area (Å²) in [5.74, 6) is -0.254. The summed E-state index contributed by atoms with van der Waals surface area (Å²) in [4.78, 5) is 32.2. The number of para-hydroxylation sites is 1. The quantitative estimate of drug-likeness (QED) is 0.267. The maximum atomic E-state index is 13.8. The Kier molecular flexibility index (Phi) is 10.8. The van der Waals surface area contributed by atoms with Gasteiger partial charge in [0.2, 0.25) is 11.8 Å². The number of amides is 2. The van der Waals surface area contributed by atoms with Gasteiger partial charge >= 0.3 is 0 Å². The lowest BCUT2D eigenvalue weighted by molar-refractivity contribution is -0.141. The summed E-state index contributed by atoms with van der Waals surface area (Å²) in [5, 5.41) is 4.39. The number of nitrogens with two attached hydrogens (primary N) is 1. The fraction of sp³-hybridized carbons (Fsp3) is 0.407. The van der Waals surface area contributed by atoms with Gasteiger partial charge in [0.25, 0.3) is 0 Å². The van der Waals surface area contributed by atoms with Gasteiger partial charge in [0.15, 0.2) is 0 Å². The SMILES string of the molecule is Cl.NCCC(=O)N(CCc1c[nH]c2ccccc12)C(C(=O)NC1CCCCC1)c1ccc(Br)cc1Br. The second kappa shape index (κ2) is 13.6. The maximum Gasteiger partial charge on any atom is 0.247 e. The second-order valence-electron chi connectivity index (χ2n) is 9.15. The van der Waals surface area contributed by atoms with Crippen molar-refractivity contribution in [1.29, 1.82) is 0 Å². The van der Waals surface area contributed by atoms with Crippen LogP contribution in [-0.4, -0.2) is 40.8 Å². The minimum atomic E-state index is -0.747. The first-order valence-corrected chi connectivity index (χ1v) is 13.9. The summed E-state index contributed by atoms with van der Waals surface area (Å²) in [6.45, 7) is 0.646. The van der Waals surface area contributed by atoms with Crippen LogP contribution in [-0.2, 0) is 16.0 Å². The number of hydrogen-bond donors (Lipinski definition) is 3. The number of carbonyl (C=O) groups excluding carboxylic acids is 2. The molecule has 1 saturated carbocycles. The first kappa shape index (κ1) is 28.7. The average molecular weight is 641 g/mol. The number of H-pyrrole nitrogens is 1. The zero-order valence-electron chi connectivity index (χ0n) is 20.1. The molecular formula is C27H33Br2ClN4O2. The van der Waals surface area contributed by atoms with Crippen molar-refractivity contribution >= 4 is 67.0 Å². The Morgan fingerprint density at radius 2 is 1.86 bits per heavy atom. The van der Waals surface area contributed by atoms with Gasteiger partial charge in [0.05, 0.1) is 0 Å². The van der Waals surface area contributed by atoms with Gasteiger partial charge < -0.3 is 20.9 Å². The van der Waals surface area contributed by atoms with Crippen molar-refractivity contribution in [2.24, 2.45) is 5.73 Å². The third-order valence-corrected chi connectivity index (χ3v) is 7.92. The van der Waals surface area contributed by atoms with Gasteiger partial charge in [-0.3, -0.25) is 9.59 Å². The van der Waals surface area contributed by atoms with Gasteiger partial charge in [-0.1, -0.05) is 75.4 Å². The van der Waals surface area contributed by atoms with Crippen molar-refractivity contribution in [1.82, 2.24) is 15.2 Å². The zero-order valence-corrected chi connectivity index (χ0v) is 24.1. The molecule has 6 nitrogen and oxygen atoms in total. The predicted molar refractivity (Wildman–Crippen MR) is 154 cm³/mol. The Labute approximate surface area is 235 Å². The lowest BCUT2D eigenvalue weighted by Crippen LogP contribution is -2.48. The van der Waals surface area contributed by atoms with Crippen molar-refractivity contribution in [3.63, 3.8) is 0 Å². The Morgan fingerprint density at radius 1 is 1.11 bits per heavy atom. The number of hydrogen-bond acceptors (Lipinski definition) is 3. The third kappa shape index (κ3) is 6.91. The Morgan fingerprint density at radius 3 is 2.58 bits per heavy atom. The summed E-state index contributed by atoms with van der Waals surface area (Å²) >= 11 is 7.14. The number of aromatic nitrogens is 1. The molecule has 1 fully saturated rings. The van der Waals surface area contributed by atoms with Crippen LogP contribution in [0.3, 0.4) is 0 Å². The first-order valence-electron chi connectivity index (χ1n) is 12.3. The Bertz CT molecular complexity index is 1180. The number of fused-ring (bicyclic) bond motifs is 1. The van der Waals surface area contributed by atoms with E-state index in [9.17, 15) is 9.59 Å². The van der Waals surface area contributed by atoms with Crippen LogP contribution in [0.25, 0.3) is 10.9 Å². The molecule has 2 aromatic carbocycles. The van der Waals surface area contributed by atoms with Crippen LogP contribution < -0.4 is 11.1 Å². The minimum absolute atomic E-state index is 0. The van der Waals surface area contributed by atoms with Gasteiger partial charge in [-0.05, 0) is 48.6 Å². The fourth-order valence-corrected chi connectivity index (χ4v) is 6.21. The molecule has 0 radical (unpaired) electrons. The number of nitrogens with one attached hydrogen (secondary N) is 2. The molecule has 0 aliphatic heterocycles. The molecule has 1 aliphatic carbocycles. The number of benzene rings is 2. The van der Waals surface area contributed by atoms with E-state index in [1.165, 1.54) is 6.42 Å². The molecule has 194 valence electrons. The number of carbonyl (C=O) groups is 2. The van der Waals surface area contributed by atoms with Crippen LogP contribution >= 0.6 is 44.3 Å². The van der Waals surface area contributed by atoms with Crippen molar-refractivity contribution < 1.29 is 9.59 Å². The summed E-state index contributed by atoms with van der Waals surface area (Å²) in [6, 6.07) is 13.3. The number of aromatic amines is 1. The van der Waals surface area contributed by atoms with Gasteiger partial charge in [-0.25, -0.2) is 0 Å². The normalized spacial score (nSPS) is 14.8. The predicted octanol–water partition coefficient (Wildman–Crippen LogP) is 6.02. The molecule has 1 unspecified atom stereocenters. The van der Waals surface area contributed by atoms with Crippen molar-refractivity contribution in [3.8, 4) is 0 Å². The minimum Gasteiger partial charge on any atom is -0.361 e. The van der Waals surface area contributed by atoms with Gasteiger partial charge in [-0.15, -0.1) is 12.4 Å². The highest BCUT2D eigenvalue weighted by Gasteiger charge is 2.33. The second-order valence-corrected chi connectivity index (χ2v) is 10.9. The lowest BCUT2D eigenvalue weighted by atomic mass is 9.94. The van der Waals surface area contributed by atoms with Gasteiger partial charge in [0.1, 0.15) is 6.04 Å². The molecule has 1 atom stereocenters. The monoisotopic (exact) mass is 638 g/mol. The number of nitrogens with zero attached hydrogens (tertiary/aromatic N) is 1. The van der Waals surface area contributed by atoms with Gasteiger partial charge in [0, 0.05) is 51.6 Å². The fourth-order valence-electron chi connectivity index (χ4n) is 4.95. The molecule has 0 saturated heterocycles. The van der Waals surface area contributed by atoms with Crippen LogP contribution in [0.2, 0.25) is 0 Å². The smallest absolute Gasteiger partial charge is 0.247 e. The standard InChI is InChI=1S/C27H32Br2N4O2.ClH/c28-19-10-11-22(23(29)16-19)26(27(35)32-20-6-2-1-3-7-20)33(25(34)12-14-30)15-13-18-17-31-24-9-5-4-8-21(18)24;/h4-5,8-11,16-17,20,26,31H,1-3,6-7,12-15,30H2,(H,32,35);1H. The number of halogens is 3. The van der Waals surface area contributed by atoms with E-state index in [0.717, 1.165) is 56.7 Å². The van der Waals surface area contributed by atoms with Crippen molar-refractivity contribution in [3.05, 3.63) is 68.7 Å². The summed E-state index contributed by atoms with van der Waals surface area (Å²) in [6.07, 6.45) is 8.21. The molecule has 36 heavy (non-hydrogen) atoms. The molecule has 4 N–H and O–H groups in total. The molecule has 9 heteroatoms. The molecule has 3 aromatic rings. The van der Waals surface area contributed by atoms with E-state index in [4.69, 9.17) is 5.73 Å². The largest absolute Gasteiger partial charge is 0.361 e. The van der Waals surface area contributed by atoms with Crippen LogP contribution in [0.15, 0.2) is 57.6 Å². The molecule has 0 spiro atoms. The van der Waals surface area contributed by atoms with E-state index in [1.54, 1.807) is 4.90 Å². The molecule has 0 bridgehead atoms. The first-order chi connectivity index (χ1) is 17.0. The topological polar surface area (TPSA) is 91.2 Å². The van der Waals surface area contributed by atoms with E-state index in [-0.39, 0.29) is 43.2 Å². The van der Waals surface area contributed by atoms with Gasteiger partial charge in [-0.2, -0.15) is 0 Å². The maximum absolute atomic E-state index is 13.8. The Balaban J connectivity index is 0.00000361. The highest BCUT2D eigenvalue weighted by Crippen LogP contribution is 2.32. The molecule has 1 aromatic heterocycles. The number of rotatable bonds is 9. The van der Waals surface area contributed by atoms with E-state index in [2.05, 4.69) is 48.2 Å². The van der Waals surface area contributed by atoms with Crippen LogP contribution in [0, 0.1) is 0 Å². The van der Waals surface area contributed by atoms with Crippen LogP contribution in [0.5, 0.6) is 0 Å².